The molecule has 1 fully saturated rings. The second kappa shape index (κ2) is 6.66. The molecular weight excluding hydrogens is 294 g/mol. The first-order valence-corrected chi connectivity index (χ1v) is 7.55. The minimum absolute atomic E-state index is 0.131. The number of nitrogens with one attached hydrogen (secondary N) is 1. The number of carbonyl (C=O) groups is 1. The van der Waals surface area contributed by atoms with Crippen LogP contribution in [0.25, 0.3) is 0 Å². The summed E-state index contributed by atoms with van der Waals surface area (Å²) in [6.07, 6.45) is 1.63. The summed E-state index contributed by atoms with van der Waals surface area (Å²) >= 11 is 0. The molecule has 0 bridgehead atoms. The second-order valence-electron chi connectivity index (χ2n) is 5.41. The van der Waals surface area contributed by atoms with Crippen LogP contribution in [-0.2, 0) is 11.8 Å². The number of hydrogen-bond donors (Lipinski definition) is 1. The highest BCUT2D eigenvalue weighted by Crippen LogP contribution is 2.26. The van der Waals surface area contributed by atoms with Gasteiger partial charge in [0.15, 0.2) is 0 Å². The van der Waals surface area contributed by atoms with E-state index in [1.54, 1.807) is 19.3 Å². The van der Waals surface area contributed by atoms with E-state index in [0.29, 0.717) is 18.9 Å². The van der Waals surface area contributed by atoms with Crippen molar-refractivity contribution in [2.24, 2.45) is 7.05 Å². The SMILES string of the molecule is Cn1cccc(C(=O)Nc2ccccc2N2CCOCC2)c1=O. The lowest BCUT2D eigenvalue weighted by Gasteiger charge is -2.30. The van der Waals surface area contributed by atoms with Crippen molar-refractivity contribution in [3.8, 4) is 0 Å². The molecule has 0 atom stereocenters. The quantitative estimate of drug-likeness (QED) is 0.932. The molecule has 120 valence electrons. The van der Waals surface area contributed by atoms with Crippen LogP contribution in [0.3, 0.4) is 0 Å². The Kier molecular flexibility index (Phi) is 4.43. The maximum atomic E-state index is 12.5. The molecular formula is C17H19N3O3. The van der Waals surface area contributed by atoms with Crippen molar-refractivity contribution in [1.29, 1.82) is 0 Å². The molecule has 3 rings (SSSR count). The van der Waals surface area contributed by atoms with Crippen LogP contribution in [0.2, 0.25) is 0 Å². The minimum Gasteiger partial charge on any atom is -0.378 e. The lowest BCUT2D eigenvalue weighted by Crippen LogP contribution is -2.37. The van der Waals surface area contributed by atoms with Gasteiger partial charge in [-0.3, -0.25) is 9.59 Å². The zero-order valence-corrected chi connectivity index (χ0v) is 13.0. The summed E-state index contributed by atoms with van der Waals surface area (Å²) < 4.78 is 6.76. The third-order valence-corrected chi connectivity index (χ3v) is 3.87. The summed E-state index contributed by atoms with van der Waals surface area (Å²) in [6, 6.07) is 10.8. The van der Waals surface area contributed by atoms with E-state index in [-0.39, 0.29) is 11.1 Å². The summed E-state index contributed by atoms with van der Waals surface area (Å²) in [5, 5.41) is 2.86. The van der Waals surface area contributed by atoms with E-state index >= 15 is 0 Å². The average molecular weight is 313 g/mol. The van der Waals surface area contributed by atoms with E-state index in [2.05, 4.69) is 10.2 Å². The van der Waals surface area contributed by atoms with Crippen LogP contribution in [0.5, 0.6) is 0 Å². The number of amides is 1. The molecule has 2 heterocycles. The van der Waals surface area contributed by atoms with E-state index in [1.807, 2.05) is 24.3 Å². The lowest BCUT2D eigenvalue weighted by molar-refractivity contribution is 0.102. The van der Waals surface area contributed by atoms with Crippen molar-refractivity contribution in [3.63, 3.8) is 0 Å². The third-order valence-electron chi connectivity index (χ3n) is 3.87. The van der Waals surface area contributed by atoms with E-state index in [0.717, 1.165) is 18.8 Å². The molecule has 0 spiro atoms. The van der Waals surface area contributed by atoms with Crippen LogP contribution in [0, 0.1) is 0 Å². The van der Waals surface area contributed by atoms with Gasteiger partial charge in [-0.25, -0.2) is 0 Å². The van der Waals surface area contributed by atoms with Crippen molar-refractivity contribution in [3.05, 3.63) is 58.5 Å². The minimum atomic E-state index is -0.396. The number of hydrogen-bond acceptors (Lipinski definition) is 4. The summed E-state index contributed by atoms with van der Waals surface area (Å²) in [4.78, 5) is 26.7. The number of para-hydroxylation sites is 2. The maximum Gasteiger partial charge on any atom is 0.263 e. The standard InChI is InChI=1S/C17H19N3O3/c1-19-8-4-5-13(17(19)22)16(21)18-14-6-2-3-7-15(14)20-9-11-23-12-10-20/h2-8H,9-12H2,1H3,(H,18,21). The molecule has 1 saturated heterocycles. The highest BCUT2D eigenvalue weighted by molar-refractivity contribution is 6.05. The maximum absolute atomic E-state index is 12.5. The van der Waals surface area contributed by atoms with Gasteiger partial charge in [0.2, 0.25) is 0 Å². The van der Waals surface area contributed by atoms with Gasteiger partial charge < -0.3 is 19.5 Å². The van der Waals surface area contributed by atoms with Crippen molar-refractivity contribution >= 4 is 17.3 Å². The Morgan fingerprint density at radius 1 is 1.13 bits per heavy atom. The number of rotatable bonds is 3. The van der Waals surface area contributed by atoms with Gasteiger partial charge in [-0.15, -0.1) is 0 Å². The first kappa shape index (κ1) is 15.3. The normalized spacial score (nSPS) is 14.6. The number of aromatic nitrogens is 1. The Morgan fingerprint density at radius 3 is 2.65 bits per heavy atom. The number of nitrogens with zero attached hydrogens (tertiary/aromatic N) is 2. The Labute approximate surface area is 134 Å². The van der Waals surface area contributed by atoms with Crippen molar-refractivity contribution in [2.75, 3.05) is 36.5 Å². The second-order valence-corrected chi connectivity index (χ2v) is 5.41. The topological polar surface area (TPSA) is 63.6 Å². The first-order valence-electron chi connectivity index (χ1n) is 7.55. The molecule has 1 amide bonds. The molecule has 1 aliphatic rings. The van der Waals surface area contributed by atoms with Crippen molar-refractivity contribution < 1.29 is 9.53 Å². The zero-order valence-electron chi connectivity index (χ0n) is 13.0. The molecule has 0 unspecified atom stereocenters. The molecule has 1 aromatic carbocycles. The monoisotopic (exact) mass is 313 g/mol. The number of morpholine rings is 1. The van der Waals surface area contributed by atoms with Gasteiger partial charge in [0.1, 0.15) is 5.56 Å². The largest absolute Gasteiger partial charge is 0.378 e. The molecule has 0 saturated carbocycles. The molecule has 1 aromatic heterocycles. The van der Waals surface area contributed by atoms with Gasteiger partial charge in [-0.2, -0.15) is 0 Å². The van der Waals surface area contributed by atoms with Gasteiger partial charge >= 0.3 is 0 Å². The highest BCUT2D eigenvalue weighted by atomic mass is 16.5. The average Bonchev–Trinajstić information content (AvgIpc) is 2.58. The Bertz CT molecular complexity index is 764. The van der Waals surface area contributed by atoms with Crippen molar-refractivity contribution in [1.82, 2.24) is 4.57 Å². The Hall–Kier alpha value is -2.60. The molecule has 0 aliphatic carbocycles. The van der Waals surface area contributed by atoms with Crippen LogP contribution in [0.15, 0.2) is 47.4 Å². The summed E-state index contributed by atoms with van der Waals surface area (Å²) in [5.41, 5.74) is 1.46. The van der Waals surface area contributed by atoms with Gasteiger partial charge in [-0.1, -0.05) is 12.1 Å². The van der Waals surface area contributed by atoms with Gasteiger partial charge in [0.05, 0.1) is 24.6 Å². The fourth-order valence-electron chi connectivity index (χ4n) is 2.62. The summed E-state index contributed by atoms with van der Waals surface area (Å²) in [7, 11) is 1.63. The number of pyridine rings is 1. The van der Waals surface area contributed by atoms with Crippen LogP contribution < -0.4 is 15.8 Å². The molecule has 6 heteroatoms. The predicted molar refractivity (Wildman–Crippen MR) is 89.1 cm³/mol. The van der Waals surface area contributed by atoms with E-state index in [4.69, 9.17) is 4.74 Å². The smallest absolute Gasteiger partial charge is 0.263 e. The molecule has 2 aromatic rings. The number of anilines is 2. The van der Waals surface area contributed by atoms with Crippen molar-refractivity contribution in [2.45, 2.75) is 0 Å². The zero-order chi connectivity index (χ0) is 16.2. The van der Waals surface area contributed by atoms with Gasteiger partial charge in [0, 0.05) is 26.3 Å². The fourth-order valence-corrected chi connectivity index (χ4v) is 2.62. The van der Waals surface area contributed by atoms with E-state index in [1.165, 1.54) is 10.6 Å². The molecule has 23 heavy (non-hydrogen) atoms. The van der Waals surface area contributed by atoms with Crippen LogP contribution in [0.1, 0.15) is 10.4 Å². The Morgan fingerprint density at radius 2 is 1.87 bits per heavy atom. The molecule has 1 N–H and O–H groups in total. The fraction of sp³-hybridized carbons (Fsp3) is 0.294. The van der Waals surface area contributed by atoms with Crippen LogP contribution in [0.4, 0.5) is 11.4 Å². The number of carbonyl (C=O) groups excluding carboxylic acids is 1. The summed E-state index contributed by atoms with van der Waals surface area (Å²) in [5.74, 6) is -0.396. The van der Waals surface area contributed by atoms with Crippen LogP contribution >= 0.6 is 0 Å². The number of ether oxygens (including phenoxy) is 1. The Balaban J connectivity index is 1.86. The molecule has 0 radical (unpaired) electrons. The highest BCUT2D eigenvalue weighted by Gasteiger charge is 2.17. The van der Waals surface area contributed by atoms with E-state index < -0.39 is 5.91 Å². The molecule has 1 aliphatic heterocycles. The molecule has 6 nitrogen and oxygen atoms in total. The summed E-state index contributed by atoms with van der Waals surface area (Å²) in [6.45, 7) is 2.89. The third kappa shape index (κ3) is 3.27. The lowest BCUT2D eigenvalue weighted by atomic mass is 10.2. The number of benzene rings is 1. The van der Waals surface area contributed by atoms with Gasteiger partial charge in [-0.05, 0) is 24.3 Å². The van der Waals surface area contributed by atoms with Crippen LogP contribution in [-0.4, -0.2) is 36.8 Å². The van der Waals surface area contributed by atoms with Gasteiger partial charge in [0.25, 0.3) is 11.5 Å². The predicted octanol–water partition coefficient (Wildman–Crippen LogP) is 1.47. The van der Waals surface area contributed by atoms with E-state index in [9.17, 15) is 9.59 Å². The number of aryl methyl sites for hydroxylation is 1. The first-order chi connectivity index (χ1) is 11.2.